The average molecular weight is 211 g/mol. The minimum absolute atomic E-state index is 0.601. The third kappa shape index (κ3) is 1.82. The van der Waals surface area contributed by atoms with E-state index in [1.165, 1.54) is 0 Å². The molecule has 0 spiro atoms. The molecular weight excluding hydrogens is 207 g/mol. The zero-order valence-electron chi connectivity index (χ0n) is 6.45. The summed E-state index contributed by atoms with van der Waals surface area (Å²) in [6, 6.07) is 0. The van der Waals surface area contributed by atoms with E-state index in [-0.39, 0.29) is 0 Å². The first-order valence-corrected chi connectivity index (χ1v) is 3.26. The molecule has 1 rings (SSSR count). The Hall–Kier alpha value is -1.64. The number of alkyl halides is 3. The van der Waals surface area contributed by atoms with Gasteiger partial charge in [0, 0.05) is 0 Å². The van der Waals surface area contributed by atoms with Crippen molar-refractivity contribution in [3.8, 4) is 0 Å². The topological polar surface area (TPSA) is 92.0 Å². The second-order valence-corrected chi connectivity index (χ2v) is 2.37. The molecule has 1 atom stereocenters. The summed E-state index contributed by atoms with van der Waals surface area (Å²) in [5.74, 6) is 0. The molecule has 9 heteroatoms. The molecule has 0 unspecified atom stereocenters. The van der Waals surface area contributed by atoms with Gasteiger partial charge in [-0.1, -0.05) is 0 Å². The number of rotatable bonds is 2. The quantitative estimate of drug-likeness (QED) is 0.561. The van der Waals surface area contributed by atoms with Crippen LogP contribution >= 0.6 is 0 Å². The molecule has 0 aromatic carbocycles. The highest BCUT2D eigenvalue weighted by Gasteiger charge is 2.44. The molecule has 0 bridgehead atoms. The summed E-state index contributed by atoms with van der Waals surface area (Å²) in [6.07, 6.45) is -7.29. The zero-order chi connectivity index (χ0) is 10.9. The van der Waals surface area contributed by atoms with Crippen LogP contribution in [0.25, 0.3) is 0 Å². The van der Waals surface area contributed by atoms with Crippen LogP contribution < -0.4 is 0 Å². The summed E-state index contributed by atoms with van der Waals surface area (Å²) in [6.45, 7) is 0. The van der Waals surface area contributed by atoms with Gasteiger partial charge in [0.25, 0.3) is 0 Å². The van der Waals surface area contributed by atoms with Gasteiger partial charge in [0.2, 0.25) is 0 Å². The SMILES string of the molecule is O=[N+]([O-])c1cn[nH]c1[C@H](O)C(F)(F)F. The fraction of sp³-hybridized carbons (Fsp3) is 0.400. The predicted molar refractivity (Wildman–Crippen MR) is 36.3 cm³/mol. The first kappa shape index (κ1) is 10.4. The second-order valence-electron chi connectivity index (χ2n) is 2.37. The van der Waals surface area contributed by atoms with Crippen molar-refractivity contribution in [2.24, 2.45) is 0 Å². The molecule has 1 heterocycles. The minimum atomic E-state index is -4.96. The van der Waals surface area contributed by atoms with Crippen molar-refractivity contribution in [1.29, 1.82) is 0 Å². The van der Waals surface area contributed by atoms with Crippen molar-refractivity contribution in [2.45, 2.75) is 12.3 Å². The normalized spacial score (nSPS) is 14.0. The van der Waals surface area contributed by atoms with E-state index >= 15 is 0 Å². The third-order valence-electron chi connectivity index (χ3n) is 1.43. The third-order valence-corrected chi connectivity index (χ3v) is 1.43. The van der Waals surface area contributed by atoms with E-state index in [1.807, 2.05) is 0 Å². The highest BCUT2D eigenvalue weighted by Crippen LogP contribution is 2.35. The summed E-state index contributed by atoms with van der Waals surface area (Å²) in [5, 5.41) is 23.6. The van der Waals surface area contributed by atoms with Gasteiger partial charge in [0.15, 0.2) is 11.8 Å². The van der Waals surface area contributed by atoms with E-state index in [9.17, 15) is 23.3 Å². The molecule has 6 nitrogen and oxygen atoms in total. The van der Waals surface area contributed by atoms with Gasteiger partial charge in [-0.2, -0.15) is 18.3 Å². The number of aliphatic hydroxyl groups is 1. The number of nitro groups is 1. The van der Waals surface area contributed by atoms with Gasteiger partial charge >= 0.3 is 11.9 Å². The summed E-state index contributed by atoms with van der Waals surface area (Å²) < 4.78 is 35.8. The fourth-order valence-corrected chi connectivity index (χ4v) is 0.800. The lowest BCUT2D eigenvalue weighted by Crippen LogP contribution is -2.21. The largest absolute Gasteiger partial charge is 0.420 e. The van der Waals surface area contributed by atoms with Crippen LogP contribution in [0.3, 0.4) is 0 Å². The number of aromatic amines is 1. The lowest BCUT2D eigenvalue weighted by molar-refractivity contribution is -0.387. The molecule has 1 aromatic heterocycles. The monoisotopic (exact) mass is 211 g/mol. The molecule has 0 fully saturated rings. The first-order valence-electron chi connectivity index (χ1n) is 3.26. The van der Waals surface area contributed by atoms with E-state index in [2.05, 4.69) is 5.10 Å². The zero-order valence-corrected chi connectivity index (χ0v) is 6.45. The Labute approximate surface area is 74.5 Å². The predicted octanol–water partition coefficient (Wildman–Crippen LogP) is 0.914. The molecule has 14 heavy (non-hydrogen) atoms. The van der Waals surface area contributed by atoms with Crippen LogP contribution in [-0.4, -0.2) is 26.4 Å². The Morgan fingerprint density at radius 2 is 2.21 bits per heavy atom. The average Bonchev–Trinajstić information content (AvgIpc) is 2.48. The first-order chi connectivity index (χ1) is 6.34. The van der Waals surface area contributed by atoms with Gasteiger partial charge in [-0.05, 0) is 0 Å². The summed E-state index contributed by atoms with van der Waals surface area (Å²) in [7, 11) is 0. The van der Waals surface area contributed by atoms with Crippen LogP contribution in [0.1, 0.15) is 11.8 Å². The molecular formula is C5H4F3N3O3. The number of H-pyrrole nitrogens is 1. The number of nitrogens with one attached hydrogen (secondary N) is 1. The number of halogens is 3. The van der Waals surface area contributed by atoms with Gasteiger partial charge in [-0.15, -0.1) is 0 Å². The van der Waals surface area contributed by atoms with Crippen molar-refractivity contribution >= 4 is 5.69 Å². The number of hydrogen-bond donors (Lipinski definition) is 2. The maximum Gasteiger partial charge on any atom is 0.420 e. The fourth-order valence-electron chi connectivity index (χ4n) is 0.800. The second kappa shape index (κ2) is 3.25. The number of hydrogen-bond acceptors (Lipinski definition) is 4. The molecule has 0 amide bonds. The molecule has 0 aliphatic heterocycles. The van der Waals surface area contributed by atoms with E-state index in [1.54, 1.807) is 5.10 Å². The minimum Gasteiger partial charge on any atom is -0.378 e. The van der Waals surface area contributed by atoms with Crippen LogP contribution in [0.5, 0.6) is 0 Å². The molecule has 0 aliphatic rings. The van der Waals surface area contributed by atoms with Crippen molar-refractivity contribution in [3.63, 3.8) is 0 Å². The molecule has 0 saturated heterocycles. The lowest BCUT2D eigenvalue weighted by atomic mass is 10.2. The molecule has 1 aromatic rings. The summed E-state index contributed by atoms with van der Waals surface area (Å²) in [5.41, 5.74) is -1.86. The Balaban J connectivity index is 3.07. The highest BCUT2D eigenvalue weighted by atomic mass is 19.4. The molecule has 0 aliphatic carbocycles. The molecule has 0 radical (unpaired) electrons. The summed E-state index contributed by atoms with van der Waals surface area (Å²) >= 11 is 0. The van der Waals surface area contributed by atoms with E-state index in [0.29, 0.717) is 6.20 Å². The standard InChI is InChI=1S/C5H4F3N3O3/c6-5(7,8)4(12)3-2(11(13)14)1-9-10-3/h1,4,12H,(H,9,10)/t4-/m0/s1. The molecule has 78 valence electrons. The number of nitrogens with zero attached hydrogens (tertiary/aromatic N) is 2. The van der Waals surface area contributed by atoms with Gasteiger partial charge in [-0.25, -0.2) is 0 Å². The smallest absolute Gasteiger partial charge is 0.378 e. The van der Waals surface area contributed by atoms with Gasteiger partial charge < -0.3 is 5.11 Å². The van der Waals surface area contributed by atoms with Crippen LogP contribution in [0, 0.1) is 10.1 Å². The van der Waals surface area contributed by atoms with Gasteiger partial charge in [-0.3, -0.25) is 15.2 Å². The van der Waals surface area contributed by atoms with Gasteiger partial charge in [0.1, 0.15) is 6.20 Å². The Morgan fingerprint density at radius 1 is 1.64 bits per heavy atom. The Kier molecular flexibility index (Phi) is 2.43. The van der Waals surface area contributed by atoms with E-state index in [0.717, 1.165) is 0 Å². The van der Waals surface area contributed by atoms with Crippen LogP contribution in [-0.2, 0) is 0 Å². The lowest BCUT2D eigenvalue weighted by Gasteiger charge is -2.11. The maximum atomic E-state index is 11.9. The maximum absolute atomic E-state index is 11.9. The number of aliphatic hydroxyl groups excluding tert-OH is 1. The van der Waals surface area contributed by atoms with Crippen LogP contribution in [0.4, 0.5) is 18.9 Å². The van der Waals surface area contributed by atoms with Crippen molar-refractivity contribution in [3.05, 3.63) is 22.0 Å². The van der Waals surface area contributed by atoms with E-state index in [4.69, 9.17) is 5.11 Å². The highest BCUT2D eigenvalue weighted by molar-refractivity contribution is 5.34. The van der Waals surface area contributed by atoms with E-state index < -0.39 is 28.6 Å². The number of aromatic nitrogens is 2. The van der Waals surface area contributed by atoms with Crippen molar-refractivity contribution in [1.82, 2.24) is 10.2 Å². The molecule has 2 N–H and O–H groups in total. The Morgan fingerprint density at radius 3 is 2.64 bits per heavy atom. The molecule has 0 saturated carbocycles. The Bertz CT molecular complexity index is 347. The summed E-state index contributed by atoms with van der Waals surface area (Å²) in [4.78, 5) is 9.12. The van der Waals surface area contributed by atoms with Crippen molar-refractivity contribution in [2.75, 3.05) is 0 Å². The van der Waals surface area contributed by atoms with Gasteiger partial charge in [0.05, 0.1) is 4.92 Å². The van der Waals surface area contributed by atoms with Crippen LogP contribution in [0.2, 0.25) is 0 Å². The van der Waals surface area contributed by atoms with Crippen LogP contribution in [0.15, 0.2) is 6.20 Å². The van der Waals surface area contributed by atoms with Crippen molar-refractivity contribution < 1.29 is 23.2 Å².